The van der Waals surface area contributed by atoms with Gasteiger partial charge in [0.2, 0.25) is 5.91 Å². The first kappa shape index (κ1) is 28.5. The number of carbonyl (C=O) groups excluding carboxylic acids is 1. The Bertz CT molecular complexity index is 1390. The van der Waals surface area contributed by atoms with Gasteiger partial charge in [0.05, 0.1) is 23.7 Å². The van der Waals surface area contributed by atoms with Gasteiger partial charge in [0, 0.05) is 5.02 Å². The highest BCUT2D eigenvalue weighted by atomic mass is 35.5. The van der Waals surface area contributed by atoms with Gasteiger partial charge in [-0.2, -0.15) is 0 Å². The minimum Gasteiger partial charge on any atom is -0.496 e. The molecule has 6 nitrogen and oxygen atoms in total. The predicted molar refractivity (Wildman–Crippen MR) is 150 cm³/mol. The summed E-state index contributed by atoms with van der Waals surface area (Å²) in [4.78, 5) is 13.3. The molecule has 0 unspecified atom stereocenters. The van der Waals surface area contributed by atoms with Crippen LogP contribution in [0.15, 0.2) is 59.5 Å². The van der Waals surface area contributed by atoms with E-state index in [0.717, 1.165) is 37.9 Å². The van der Waals surface area contributed by atoms with E-state index in [0.29, 0.717) is 10.7 Å². The maximum atomic E-state index is 13.7. The van der Waals surface area contributed by atoms with Gasteiger partial charge in [0.1, 0.15) is 12.3 Å². The summed E-state index contributed by atoms with van der Waals surface area (Å²) in [5, 5.41) is 3.42. The number of nitrogens with zero attached hydrogens (tertiary/aromatic N) is 1. The number of carbonyl (C=O) groups is 1. The van der Waals surface area contributed by atoms with Crippen LogP contribution >= 0.6 is 11.6 Å². The highest BCUT2D eigenvalue weighted by Gasteiger charge is 2.28. The predicted octanol–water partition coefficient (Wildman–Crippen LogP) is 6.47. The number of hydrogen-bond acceptors (Lipinski definition) is 4. The standard InChI is InChI=1S/C29H35ClN2O4S/c1-18(2)26-16-27(21(5)15-28(26)36-7)22(6)31-29(33)17-32(24-11-8-19(3)20(4)14-24)37(34,35)25-12-9-23(30)10-13-25/h8-16,18,22H,17H2,1-7H3,(H,31,33)/t22-/m1/s1. The lowest BCUT2D eigenvalue weighted by Crippen LogP contribution is -2.41. The number of halogens is 1. The van der Waals surface area contributed by atoms with Crippen molar-refractivity contribution in [1.29, 1.82) is 0 Å². The smallest absolute Gasteiger partial charge is 0.264 e. The van der Waals surface area contributed by atoms with E-state index < -0.39 is 15.9 Å². The van der Waals surface area contributed by atoms with Gasteiger partial charge < -0.3 is 10.1 Å². The summed E-state index contributed by atoms with van der Waals surface area (Å²) in [5.41, 5.74) is 5.36. The molecule has 1 N–H and O–H groups in total. The molecule has 3 aromatic rings. The van der Waals surface area contributed by atoms with Crippen molar-refractivity contribution < 1.29 is 17.9 Å². The summed E-state index contributed by atoms with van der Waals surface area (Å²) < 4.78 is 34.0. The summed E-state index contributed by atoms with van der Waals surface area (Å²) in [6.45, 7) is 11.5. The number of anilines is 1. The van der Waals surface area contributed by atoms with Crippen LogP contribution in [-0.4, -0.2) is 28.0 Å². The van der Waals surface area contributed by atoms with Crippen LogP contribution in [0.25, 0.3) is 0 Å². The van der Waals surface area contributed by atoms with Gasteiger partial charge in [-0.3, -0.25) is 9.10 Å². The topological polar surface area (TPSA) is 75.7 Å². The minimum absolute atomic E-state index is 0.0588. The maximum absolute atomic E-state index is 13.7. The second kappa shape index (κ2) is 11.6. The molecule has 0 saturated heterocycles. The van der Waals surface area contributed by atoms with Gasteiger partial charge in [-0.05, 0) is 110 Å². The van der Waals surface area contributed by atoms with Crippen LogP contribution < -0.4 is 14.4 Å². The van der Waals surface area contributed by atoms with E-state index >= 15 is 0 Å². The lowest BCUT2D eigenvalue weighted by atomic mass is 9.93. The van der Waals surface area contributed by atoms with Gasteiger partial charge >= 0.3 is 0 Å². The van der Waals surface area contributed by atoms with Crippen molar-refractivity contribution in [2.24, 2.45) is 0 Å². The summed E-state index contributed by atoms with van der Waals surface area (Å²) in [6.07, 6.45) is 0. The SMILES string of the molecule is COc1cc(C)c([C@@H](C)NC(=O)CN(c2ccc(C)c(C)c2)S(=O)(=O)c2ccc(Cl)cc2)cc1C(C)C. The Balaban J connectivity index is 1.94. The van der Waals surface area contributed by atoms with Crippen LogP contribution in [0.3, 0.4) is 0 Å². The largest absolute Gasteiger partial charge is 0.496 e. The molecular weight excluding hydrogens is 508 g/mol. The van der Waals surface area contributed by atoms with E-state index in [1.54, 1.807) is 19.2 Å². The highest BCUT2D eigenvalue weighted by molar-refractivity contribution is 7.92. The summed E-state index contributed by atoms with van der Waals surface area (Å²) in [5.74, 6) is 0.635. The highest BCUT2D eigenvalue weighted by Crippen LogP contribution is 2.32. The van der Waals surface area contributed by atoms with Crippen molar-refractivity contribution in [2.75, 3.05) is 18.0 Å². The first-order valence-corrected chi connectivity index (χ1v) is 14.0. The third-order valence-corrected chi connectivity index (χ3v) is 8.59. The summed E-state index contributed by atoms with van der Waals surface area (Å²) in [7, 11) is -2.39. The van der Waals surface area contributed by atoms with E-state index in [4.69, 9.17) is 16.3 Å². The van der Waals surface area contributed by atoms with E-state index in [1.165, 1.54) is 24.3 Å². The van der Waals surface area contributed by atoms with Crippen LogP contribution in [0, 0.1) is 20.8 Å². The summed E-state index contributed by atoms with van der Waals surface area (Å²) >= 11 is 5.98. The number of ether oxygens (including phenoxy) is 1. The third-order valence-electron chi connectivity index (χ3n) is 6.55. The molecule has 0 fully saturated rings. The Hall–Kier alpha value is -3.03. The van der Waals surface area contributed by atoms with Crippen LogP contribution in [0.4, 0.5) is 5.69 Å². The molecule has 1 atom stereocenters. The Morgan fingerprint density at radius 2 is 1.57 bits per heavy atom. The lowest BCUT2D eigenvalue weighted by molar-refractivity contribution is -0.120. The zero-order valence-corrected chi connectivity index (χ0v) is 24.0. The Morgan fingerprint density at radius 3 is 2.14 bits per heavy atom. The van der Waals surface area contributed by atoms with Gasteiger partial charge in [-0.1, -0.05) is 31.5 Å². The Morgan fingerprint density at radius 1 is 0.919 bits per heavy atom. The monoisotopic (exact) mass is 542 g/mol. The average Bonchev–Trinajstić information content (AvgIpc) is 2.84. The molecule has 0 heterocycles. The molecule has 0 saturated carbocycles. The number of rotatable bonds is 9. The molecule has 1 amide bonds. The Labute approximate surface area is 225 Å². The third kappa shape index (κ3) is 6.46. The number of nitrogens with one attached hydrogen (secondary N) is 1. The van der Waals surface area contributed by atoms with Crippen molar-refractivity contribution in [3.05, 3.63) is 87.4 Å². The number of sulfonamides is 1. The van der Waals surface area contributed by atoms with Crippen molar-refractivity contribution in [3.8, 4) is 5.75 Å². The second-order valence-corrected chi connectivity index (χ2v) is 11.9. The normalized spacial score (nSPS) is 12.4. The number of aryl methyl sites for hydroxylation is 3. The second-order valence-electron chi connectivity index (χ2n) is 9.63. The Kier molecular flexibility index (Phi) is 8.92. The molecule has 0 radical (unpaired) electrons. The first-order chi connectivity index (χ1) is 17.3. The average molecular weight is 543 g/mol. The van der Waals surface area contributed by atoms with Gasteiger partial charge in [0.25, 0.3) is 10.0 Å². The molecule has 3 aromatic carbocycles. The van der Waals surface area contributed by atoms with Crippen LogP contribution in [0.1, 0.15) is 60.5 Å². The maximum Gasteiger partial charge on any atom is 0.264 e. The fourth-order valence-electron chi connectivity index (χ4n) is 4.24. The molecule has 37 heavy (non-hydrogen) atoms. The first-order valence-electron chi connectivity index (χ1n) is 12.2. The van der Waals surface area contributed by atoms with E-state index in [1.807, 2.05) is 39.8 Å². The fraction of sp³-hybridized carbons (Fsp3) is 0.345. The molecule has 0 aliphatic carbocycles. The molecule has 0 bridgehead atoms. The molecule has 0 aromatic heterocycles. The van der Waals surface area contributed by atoms with Crippen LogP contribution in [0.2, 0.25) is 5.02 Å². The van der Waals surface area contributed by atoms with E-state index in [2.05, 4.69) is 25.2 Å². The number of benzene rings is 3. The number of amides is 1. The van der Waals surface area contributed by atoms with Gasteiger partial charge in [-0.25, -0.2) is 8.42 Å². The summed E-state index contributed by atoms with van der Waals surface area (Å²) in [6, 6.07) is 15.0. The molecule has 198 valence electrons. The fourth-order valence-corrected chi connectivity index (χ4v) is 5.77. The molecule has 8 heteroatoms. The molecule has 0 aliphatic rings. The molecule has 0 spiro atoms. The van der Waals surface area contributed by atoms with Crippen molar-refractivity contribution in [3.63, 3.8) is 0 Å². The van der Waals surface area contributed by atoms with E-state index in [9.17, 15) is 13.2 Å². The van der Waals surface area contributed by atoms with Crippen molar-refractivity contribution in [1.82, 2.24) is 5.32 Å². The molecule has 0 aliphatic heterocycles. The van der Waals surface area contributed by atoms with Crippen molar-refractivity contribution >= 4 is 33.2 Å². The van der Waals surface area contributed by atoms with Crippen molar-refractivity contribution in [2.45, 2.75) is 58.4 Å². The van der Waals surface area contributed by atoms with Crippen LogP contribution in [0.5, 0.6) is 5.75 Å². The molecular formula is C29H35ClN2O4S. The minimum atomic E-state index is -4.03. The van der Waals surface area contributed by atoms with E-state index in [-0.39, 0.29) is 23.4 Å². The number of methoxy groups -OCH3 is 1. The molecule has 3 rings (SSSR count). The van der Waals surface area contributed by atoms with Crippen LogP contribution in [-0.2, 0) is 14.8 Å². The quantitative estimate of drug-likeness (QED) is 0.336. The van der Waals surface area contributed by atoms with Gasteiger partial charge in [-0.15, -0.1) is 0 Å². The number of hydrogen-bond donors (Lipinski definition) is 1. The lowest BCUT2D eigenvalue weighted by Gasteiger charge is -2.26. The zero-order valence-electron chi connectivity index (χ0n) is 22.4. The van der Waals surface area contributed by atoms with Gasteiger partial charge in [0.15, 0.2) is 0 Å². The zero-order chi connectivity index (χ0) is 27.5.